The molecule has 0 saturated heterocycles. The van der Waals surface area contributed by atoms with Crippen LogP contribution in [-0.2, 0) is 0 Å². The van der Waals surface area contributed by atoms with Gasteiger partial charge in [0.15, 0.2) is 0 Å². The van der Waals surface area contributed by atoms with Gasteiger partial charge in [-0.3, -0.25) is 9.78 Å². The van der Waals surface area contributed by atoms with Crippen molar-refractivity contribution in [2.24, 2.45) is 0 Å². The van der Waals surface area contributed by atoms with Crippen LogP contribution in [0.25, 0.3) is 0 Å². The molecule has 0 aliphatic rings. The summed E-state index contributed by atoms with van der Waals surface area (Å²) < 4.78 is 0. The Balaban J connectivity index is 2.88. The number of carbonyl (C=O) groups is 1. The summed E-state index contributed by atoms with van der Waals surface area (Å²) in [6, 6.07) is 0. The summed E-state index contributed by atoms with van der Waals surface area (Å²) >= 11 is 0. The zero-order valence-electron chi connectivity index (χ0n) is 8.82. The molecule has 0 saturated carbocycles. The lowest BCUT2D eigenvalue weighted by Gasteiger charge is -2.17. The lowest BCUT2D eigenvalue weighted by molar-refractivity contribution is 0.0766. The number of aromatic nitrogens is 2. The fraction of sp³-hybridized carbons (Fsp3) is 0.500. The molecule has 0 fully saturated rings. The largest absolute Gasteiger partial charge is 0.338 e. The van der Waals surface area contributed by atoms with Gasteiger partial charge in [0.05, 0.1) is 11.9 Å². The molecule has 4 nitrogen and oxygen atoms in total. The predicted molar refractivity (Wildman–Crippen MR) is 54.0 cm³/mol. The molecule has 0 unspecified atom stereocenters. The van der Waals surface area contributed by atoms with E-state index in [1.54, 1.807) is 11.1 Å². The van der Waals surface area contributed by atoms with Crippen LogP contribution in [0.15, 0.2) is 12.4 Å². The van der Waals surface area contributed by atoms with E-state index in [4.69, 9.17) is 0 Å². The summed E-state index contributed by atoms with van der Waals surface area (Å²) in [5, 5.41) is 0. The molecule has 0 aliphatic heterocycles. The monoisotopic (exact) mass is 193 g/mol. The highest BCUT2D eigenvalue weighted by atomic mass is 16.2. The Morgan fingerprint density at radius 1 is 1.36 bits per heavy atom. The normalized spacial score (nSPS) is 9.93. The SMILES string of the molecule is CCN(CC)C(=O)c1cncc(C)n1. The summed E-state index contributed by atoms with van der Waals surface area (Å²) in [7, 11) is 0. The molecule has 0 atom stereocenters. The van der Waals surface area contributed by atoms with Gasteiger partial charge >= 0.3 is 0 Å². The van der Waals surface area contributed by atoms with Gasteiger partial charge in [0, 0.05) is 19.3 Å². The van der Waals surface area contributed by atoms with Crippen molar-refractivity contribution in [1.82, 2.24) is 14.9 Å². The maximum Gasteiger partial charge on any atom is 0.274 e. The molecular weight excluding hydrogens is 178 g/mol. The summed E-state index contributed by atoms with van der Waals surface area (Å²) in [4.78, 5) is 21.6. The Morgan fingerprint density at radius 3 is 2.50 bits per heavy atom. The second-order valence-electron chi connectivity index (χ2n) is 3.02. The Kier molecular flexibility index (Phi) is 3.56. The molecule has 1 aromatic rings. The first kappa shape index (κ1) is 10.6. The van der Waals surface area contributed by atoms with Crippen LogP contribution in [0.1, 0.15) is 30.0 Å². The predicted octanol–water partition coefficient (Wildman–Crippen LogP) is 1.27. The van der Waals surface area contributed by atoms with E-state index in [1.165, 1.54) is 6.20 Å². The van der Waals surface area contributed by atoms with E-state index < -0.39 is 0 Å². The summed E-state index contributed by atoms with van der Waals surface area (Å²) in [6.07, 6.45) is 3.15. The van der Waals surface area contributed by atoms with E-state index >= 15 is 0 Å². The van der Waals surface area contributed by atoms with Gasteiger partial charge in [-0.05, 0) is 20.8 Å². The molecule has 76 valence electrons. The molecule has 1 rings (SSSR count). The van der Waals surface area contributed by atoms with Gasteiger partial charge in [-0.2, -0.15) is 0 Å². The van der Waals surface area contributed by atoms with E-state index in [1.807, 2.05) is 20.8 Å². The standard InChI is InChI=1S/C10H15N3O/c1-4-13(5-2)10(14)9-7-11-6-8(3)12-9/h6-7H,4-5H2,1-3H3. The molecule has 0 bridgehead atoms. The third kappa shape index (κ3) is 2.28. The minimum Gasteiger partial charge on any atom is -0.338 e. The van der Waals surface area contributed by atoms with Crippen LogP contribution < -0.4 is 0 Å². The number of hydrogen-bond donors (Lipinski definition) is 0. The van der Waals surface area contributed by atoms with Crippen molar-refractivity contribution < 1.29 is 4.79 Å². The Bertz CT molecular complexity index is 321. The van der Waals surface area contributed by atoms with Crippen molar-refractivity contribution >= 4 is 5.91 Å². The minimum absolute atomic E-state index is 0.0498. The van der Waals surface area contributed by atoms with Crippen molar-refractivity contribution in [3.63, 3.8) is 0 Å². The second kappa shape index (κ2) is 4.69. The smallest absolute Gasteiger partial charge is 0.274 e. The highest BCUT2D eigenvalue weighted by Gasteiger charge is 2.13. The highest BCUT2D eigenvalue weighted by Crippen LogP contribution is 2.01. The van der Waals surface area contributed by atoms with Crippen LogP contribution in [0.2, 0.25) is 0 Å². The first-order chi connectivity index (χ1) is 6.69. The first-order valence-corrected chi connectivity index (χ1v) is 4.77. The second-order valence-corrected chi connectivity index (χ2v) is 3.02. The molecule has 0 spiro atoms. The van der Waals surface area contributed by atoms with Crippen molar-refractivity contribution in [3.8, 4) is 0 Å². The Hall–Kier alpha value is -1.45. The van der Waals surface area contributed by atoms with Gasteiger partial charge in [0.2, 0.25) is 0 Å². The quantitative estimate of drug-likeness (QED) is 0.726. The molecule has 1 aromatic heterocycles. The Labute approximate surface area is 84.0 Å². The molecule has 0 aromatic carbocycles. The van der Waals surface area contributed by atoms with Gasteiger partial charge in [-0.15, -0.1) is 0 Å². The first-order valence-electron chi connectivity index (χ1n) is 4.77. The third-order valence-electron chi connectivity index (χ3n) is 2.02. The zero-order chi connectivity index (χ0) is 10.6. The zero-order valence-corrected chi connectivity index (χ0v) is 8.82. The maximum atomic E-state index is 11.8. The fourth-order valence-electron chi connectivity index (χ4n) is 1.24. The van der Waals surface area contributed by atoms with E-state index in [2.05, 4.69) is 9.97 Å². The van der Waals surface area contributed by atoms with Crippen molar-refractivity contribution in [3.05, 3.63) is 23.8 Å². The summed E-state index contributed by atoms with van der Waals surface area (Å²) in [5.41, 5.74) is 1.19. The molecule has 0 radical (unpaired) electrons. The van der Waals surface area contributed by atoms with Crippen LogP contribution in [0, 0.1) is 6.92 Å². The third-order valence-corrected chi connectivity index (χ3v) is 2.02. The molecule has 0 N–H and O–H groups in total. The molecule has 1 heterocycles. The van der Waals surface area contributed by atoms with E-state index in [-0.39, 0.29) is 5.91 Å². The number of amides is 1. The molecule has 1 amide bonds. The highest BCUT2D eigenvalue weighted by molar-refractivity contribution is 5.91. The average molecular weight is 193 g/mol. The van der Waals surface area contributed by atoms with Gasteiger partial charge in [0.1, 0.15) is 5.69 Å². The van der Waals surface area contributed by atoms with E-state index in [0.29, 0.717) is 18.8 Å². The summed E-state index contributed by atoms with van der Waals surface area (Å²) in [6.45, 7) is 7.12. The van der Waals surface area contributed by atoms with Gasteiger partial charge < -0.3 is 4.90 Å². The van der Waals surface area contributed by atoms with Crippen LogP contribution >= 0.6 is 0 Å². The summed E-state index contributed by atoms with van der Waals surface area (Å²) in [5.74, 6) is -0.0498. The minimum atomic E-state index is -0.0498. The lowest BCUT2D eigenvalue weighted by atomic mass is 10.3. The van der Waals surface area contributed by atoms with Crippen LogP contribution in [0.3, 0.4) is 0 Å². The molecule has 14 heavy (non-hydrogen) atoms. The van der Waals surface area contributed by atoms with Gasteiger partial charge in [-0.25, -0.2) is 4.98 Å². The fourth-order valence-corrected chi connectivity index (χ4v) is 1.24. The van der Waals surface area contributed by atoms with Gasteiger partial charge in [0.25, 0.3) is 5.91 Å². The Morgan fingerprint density at radius 2 is 2.00 bits per heavy atom. The van der Waals surface area contributed by atoms with Crippen molar-refractivity contribution in [2.75, 3.05) is 13.1 Å². The van der Waals surface area contributed by atoms with Crippen molar-refractivity contribution in [1.29, 1.82) is 0 Å². The maximum absolute atomic E-state index is 11.8. The molecular formula is C10H15N3O. The molecule has 4 heteroatoms. The van der Waals surface area contributed by atoms with Crippen LogP contribution in [0.5, 0.6) is 0 Å². The topological polar surface area (TPSA) is 46.1 Å². The van der Waals surface area contributed by atoms with Gasteiger partial charge in [-0.1, -0.05) is 0 Å². The number of carbonyl (C=O) groups excluding carboxylic acids is 1. The van der Waals surface area contributed by atoms with Crippen LogP contribution in [0.4, 0.5) is 0 Å². The number of aryl methyl sites for hydroxylation is 1. The van der Waals surface area contributed by atoms with E-state index in [0.717, 1.165) is 5.69 Å². The lowest BCUT2D eigenvalue weighted by Crippen LogP contribution is -2.31. The van der Waals surface area contributed by atoms with Crippen molar-refractivity contribution in [2.45, 2.75) is 20.8 Å². The van der Waals surface area contributed by atoms with Crippen LogP contribution in [-0.4, -0.2) is 33.9 Å². The number of hydrogen-bond acceptors (Lipinski definition) is 3. The number of nitrogens with zero attached hydrogens (tertiary/aromatic N) is 3. The van der Waals surface area contributed by atoms with E-state index in [9.17, 15) is 4.79 Å². The molecule has 0 aliphatic carbocycles. The number of rotatable bonds is 3. The average Bonchev–Trinajstić information content (AvgIpc) is 2.19.